The average molecular weight is 371 g/mol. The summed E-state index contributed by atoms with van der Waals surface area (Å²) in [6.07, 6.45) is 0. The van der Waals surface area contributed by atoms with Crippen molar-refractivity contribution in [2.45, 2.75) is 11.8 Å². The van der Waals surface area contributed by atoms with Crippen molar-refractivity contribution >= 4 is 16.0 Å². The molecule has 134 valence electrons. The molecule has 0 saturated heterocycles. The monoisotopic (exact) mass is 371 g/mol. The zero-order valence-corrected chi connectivity index (χ0v) is 15.0. The lowest BCUT2D eigenvalue weighted by Gasteiger charge is -2.09. The number of aryl methyl sites for hydroxylation is 1. The van der Waals surface area contributed by atoms with Gasteiger partial charge in [0, 0.05) is 11.6 Å². The number of aromatic nitrogens is 2. The number of hydrogen-bond acceptors (Lipinski definition) is 5. The Balaban J connectivity index is 1.94. The molecular weight excluding hydrogens is 354 g/mol. The van der Waals surface area contributed by atoms with Crippen LogP contribution in [0.25, 0.3) is 11.3 Å². The molecule has 2 aromatic carbocycles. The average Bonchev–Trinajstić information content (AvgIpc) is 2.61. The number of sulfonamides is 1. The van der Waals surface area contributed by atoms with Gasteiger partial charge in [-0.15, -0.1) is 0 Å². The summed E-state index contributed by atoms with van der Waals surface area (Å²) in [4.78, 5) is 18.6. The van der Waals surface area contributed by atoms with Crippen LogP contribution in [0.15, 0.2) is 64.3 Å². The molecule has 0 unspecified atom stereocenters. The predicted molar refractivity (Wildman–Crippen MR) is 98.8 cm³/mol. The van der Waals surface area contributed by atoms with E-state index in [2.05, 4.69) is 14.7 Å². The van der Waals surface area contributed by atoms with E-state index >= 15 is 0 Å². The maximum absolute atomic E-state index is 12.5. The van der Waals surface area contributed by atoms with E-state index in [-0.39, 0.29) is 10.8 Å². The summed E-state index contributed by atoms with van der Waals surface area (Å²) in [5, 5.41) is 0. The Morgan fingerprint density at radius 2 is 1.69 bits per heavy atom. The molecular formula is C18H17N3O4S. The molecule has 0 aliphatic carbocycles. The Morgan fingerprint density at radius 1 is 1.04 bits per heavy atom. The second-order valence-corrected chi connectivity index (χ2v) is 7.31. The van der Waals surface area contributed by atoms with Crippen LogP contribution in [-0.4, -0.2) is 25.5 Å². The molecule has 0 aliphatic heterocycles. The van der Waals surface area contributed by atoms with Crippen LogP contribution in [-0.2, 0) is 10.0 Å². The first-order valence-corrected chi connectivity index (χ1v) is 9.21. The van der Waals surface area contributed by atoms with Crippen molar-refractivity contribution < 1.29 is 13.2 Å². The minimum Gasteiger partial charge on any atom is -0.497 e. The molecule has 0 atom stereocenters. The lowest BCUT2D eigenvalue weighted by molar-refractivity contribution is 0.415. The number of ether oxygens (including phenoxy) is 1. The molecule has 1 heterocycles. The Kier molecular flexibility index (Phi) is 4.77. The number of methoxy groups -OCH3 is 1. The van der Waals surface area contributed by atoms with Crippen LogP contribution in [0.2, 0.25) is 0 Å². The van der Waals surface area contributed by atoms with E-state index in [0.29, 0.717) is 17.0 Å². The number of nitrogens with one attached hydrogen (secondary N) is 2. The molecule has 1 aromatic heterocycles. The van der Waals surface area contributed by atoms with Crippen LogP contribution < -0.4 is 15.0 Å². The fraction of sp³-hybridized carbons (Fsp3) is 0.111. The topological polar surface area (TPSA) is 101 Å². The van der Waals surface area contributed by atoms with E-state index in [1.807, 2.05) is 6.92 Å². The lowest BCUT2D eigenvalue weighted by Crippen LogP contribution is -2.18. The van der Waals surface area contributed by atoms with Gasteiger partial charge >= 0.3 is 0 Å². The lowest BCUT2D eigenvalue weighted by atomic mass is 10.1. The highest BCUT2D eigenvalue weighted by atomic mass is 32.2. The van der Waals surface area contributed by atoms with Crippen LogP contribution >= 0.6 is 0 Å². The number of rotatable bonds is 5. The van der Waals surface area contributed by atoms with E-state index in [9.17, 15) is 13.2 Å². The molecule has 7 nitrogen and oxygen atoms in total. The highest BCUT2D eigenvalue weighted by molar-refractivity contribution is 7.92. The van der Waals surface area contributed by atoms with Crippen molar-refractivity contribution in [1.82, 2.24) is 9.97 Å². The number of anilines is 1. The standard InChI is InChI=1S/C18H17N3O4S/c1-12-3-9-15(10-4-12)26(23,24)21-18-19-16(11-17(22)20-18)13-5-7-14(25-2)8-6-13/h3-11H,1-2H3,(H2,19,20,21,22). The van der Waals surface area contributed by atoms with Crippen molar-refractivity contribution in [3.05, 3.63) is 70.5 Å². The van der Waals surface area contributed by atoms with Crippen LogP contribution in [0.1, 0.15) is 5.56 Å². The molecule has 0 fully saturated rings. The van der Waals surface area contributed by atoms with Crippen LogP contribution in [0.4, 0.5) is 5.95 Å². The third-order valence-electron chi connectivity index (χ3n) is 3.69. The molecule has 3 aromatic rings. The minimum atomic E-state index is -3.86. The van der Waals surface area contributed by atoms with Gasteiger partial charge in [0.2, 0.25) is 5.95 Å². The molecule has 8 heteroatoms. The molecule has 0 amide bonds. The first-order valence-electron chi connectivity index (χ1n) is 7.73. The minimum absolute atomic E-state index is 0.0839. The maximum atomic E-state index is 12.5. The van der Waals surface area contributed by atoms with E-state index in [1.54, 1.807) is 43.5 Å². The zero-order chi connectivity index (χ0) is 18.7. The Bertz CT molecular complexity index is 1070. The fourth-order valence-corrected chi connectivity index (χ4v) is 3.28. The van der Waals surface area contributed by atoms with Crippen LogP contribution in [0.3, 0.4) is 0 Å². The molecule has 0 saturated carbocycles. The van der Waals surface area contributed by atoms with Gasteiger partial charge in [-0.1, -0.05) is 17.7 Å². The predicted octanol–water partition coefficient (Wildman–Crippen LogP) is 2.55. The van der Waals surface area contributed by atoms with Crippen LogP contribution in [0.5, 0.6) is 5.75 Å². The van der Waals surface area contributed by atoms with Crippen molar-refractivity contribution in [2.75, 3.05) is 11.8 Å². The summed E-state index contributed by atoms with van der Waals surface area (Å²) in [6, 6.07) is 14.6. The summed E-state index contributed by atoms with van der Waals surface area (Å²) in [7, 11) is -2.31. The largest absolute Gasteiger partial charge is 0.497 e. The van der Waals surface area contributed by atoms with Gasteiger partial charge < -0.3 is 4.74 Å². The van der Waals surface area contributed by atoms with E-state index in [1.165, 1.54) is 18.2 Å². The summed E-state index contributed by atoms with van der Waals surface area (Å²) >= 11 is 0. The normalized spacial score (nSPS) is 11.2. The van der Waals surface area contributed by atoms with Gasteiger partial charge in [-0.2, -0.15) is 0 Å². The zero-order valence-electron chi connectivity index (χ0n) is 14.2. The van der Waals surface area contributed by atoms with Gasteiger partial charge in [-0.25, -0.2) is 18.1 Å². The Hall–Kier alpha value is -3.13. The van der Waals surface area contributed by atoms with Gasteiger partial charge in [0.05, 0.1) is 17.7 Å². The van der Waals surface area contributed by atoms with Crippen molar-refractivity contribution in [2.24, 2.45) is 0 Å². The van der Waals surface area contributed by atoms with Crippen LogP contribution in [0, 0.1) is 6.92 Å². The Morgan fingerprint density at radius 3 is 2.31 bits per heavy atom. The fourth-order valence-electron chi connectivity index (χ4n) is 2.32. The molecule has 0 spiro atoms. The first-order chi connectivity index (χ1) is 12.4. The smallest absolute Gasteiger partial charge is 0.264 e. The van der Waals surface area contributed by atoms with E-state index < -0.39 is 15.6 Å². The third-order valence-corrected chi connectivity index (χ3v) is 5.04. The number of hydrogen-bond donors (Lipinski definition) is 2. The summed E-state index contributed by atoms with van der Waals surface area (Å²) in [5.41, 5.74) is 1.48. The summed E-state index contributed by atoms with van der Waals surface area (Å²) < 4.78 is 32.3. The summed E-state index contributed by atoms with van der Waals surface area (Å²) in [6.45, 7) is 1.86. The molecule has 0 radical (unpaired) electrons. The SMILES string of the molecule is COc1ccc(-c2cc(=O)[nH]c(NS(=O)(=O)c3ccc(C)cc3)n2)cc1. The molecule has 2 N–H and O–H groups in total. The quantitative estimate of drug-likeness (QED) is 0.718. The highest BCUT2D eigenvalue weighted by Gasteiger charge is 2.16. The highest BCUT2D eigenvalue weighted by Crippen LogP contribution is 2.21. The molecule has 3 rings (SSSR count). The van der Waals surface area contributed by atoms with E-state index in [4.69, 9.17) is 4.74 Å². The van der Waals surface area contributed by atoms with Gasteiger partial charge in [0.1, 0.15) is 5.75 Å². The second-order valence-electron chi connectivity index (χ2n) is 5.63. The number of benzene rings is 2. The first kappa shape index (κ1) is 17.7. The van der Waals surface area contributed by atoms with Gasteiger partial charge in [0.15, 0.2) is 0 Å². The second kappa shape index (κ2) is 7.01. The van der Waals surface area contributed by atoms with Crippen molar-refractivity contribution in [3.63, 3.8) is 0 Å². The molecule has 0 bridgehead atoms. The summed E-state index contributed by atoms with van der Waals surface area (Å²) in [5.74, 6) is 0.516. The molecule has 26 heavy (non-hydrogen) atoms. The van der Waals surface area contributed by atoms with Gasteiger partial charge in [-0.05, 0) is 43.3 Å². The van der Waals surface area contributed by atoms with Gasteiger partial charge in [-0.3, -0.25) is 9.78 Å². The number of nitrogens with zero attached hydrogens (tertiary/aromatic N) is 1. The number of H-pyrrole nitrogens is 1. The molecule has 0 aliphatic rings. The Labute approximate surface area is 150 Å². The van der Waals surface area contributed by atoms with E-state index in [0.717, 1.165) is 5.56 Å². The van der Waals surface area contributed by atoms with Crippen molar-refractivity contribution in [3.8, 4) is 17.0 Å². The number of aromatic amines is 1. The third kappa shape index (κ3) is 3.92. The maximum Gasteiger partial charge on any atom is 0.264 e. The van der Waals surface area contributed by atoms with Gasteiger partial charge in [0.25, 0.3) is 15.6 Å². The van der Waals surface area contributed by atoms with Crippen molar-refractivity contribution in [1.29, 1.82) is 0 Å².